The normalized spacial score (nSPS) is 18.7. The highest BCUT2D eigenvalue weighted by Gasteiger charge is 2.35. The number of ether oxygens (including phenoxy) is 2. The highest BCUT2D eigenvalue weighted by molar-refractivity contribution is 7.80. The van der Waals surface area contributed by atoms with Crippen molar-refractivity contribution < 1.29 is 9.47 Å². The van der Waals surface area contributed by atoms with E-state index in [1.165, 1.54) is 15.9 Å². The lowest BCUT2D eigenvalue weighted by Crippen LogP contribution is -2.29. The van der Waals surface area contributed by atoms with Crippen LogP contribution in [0, 0.1) is 5.92 Å². The lowest BCUT2D eigenvalue weighted by atomic mass is 9.69. The van der Waals surface area contributed by atoms with Gasteiger partial charge in [-0.3, -0.25) is 0 Å². The van der Waals surface area contributed by atoms with E-state index in [-0.39, 0.29) is 5.41 Å². The molecule has 2 nitrogen and oxygen atoms in total. The van der Waals surface area contributed by atoms with Crippen LogP contribution in [-0.2, 0) is 5.41 Å². The maximum absolute atomic E-state index is 6.26. The van der Waals surface area contributed by atoms with Gasteiger partial charge in [0.15, 0.2) is 0 Å². The van der Waals surface area contributed by atoms with E-state index < -0.39 is 7.92 Å². The molecule has 0 fully saturated rings. The van der Waals surface area contributed by atoms with Gasteiger partial charge in [0, 0.05) is 11.0 Å². The Labute approximate surface area is 222 Å². The number of allylic oxidation sites excluding steroid dienone is 4. The summed E-state index contributed by atoms with van der Waals surface area (Å²) in [5, 5.41) is 3.90. The second kappa shape index (κ2) is 10.8. The van der Waals surface area contributed by atoms with Crippen molar-refractivity contribution in [3.05, 3.63) is 127 Å². The van der Waals surface area contributed by atoms with Crippen molar-refractivity contribution in [1.82, 2.24) is 0 Å². The summed E-state index contributed by atoms with van der Waals surface area (Å²) in [5.41, 5.74) is 3.12. The predicted molar refractivity (Wildman–Crippen MR) is 158 cm³/mol. The predicted octanol–water partition coefficient (Wildman–Crippen LogP) is 7.15. The first-order chi connectivity index (χ1) is 18.1. The summed E-state index contributed by atoms with van der Waals surface area (Å²) >= 11 is 0. The number of methoxy groups -OCH3 is 2. The van der Waals surface area contributed by atoms with Gasteiger partial charge in [0.2, 0.25) is 0 Å². The molecule has 37 heavy (non-hydrogen) atoms. The summed E-state index contributed by atoms with van der Waals surface area (Å²) in [5.74, 6) is 2.02. The van der Waals surface area contributed by atoms with Gasteiger partial charge in [0.25, 0.3) is 0 Å². The molecule has 0 bridgehead atoms. The molecule has 186 valence electrons. The fourth-order valence-corrected chi connectivity index (χ4v) is 7.72. The Morgan fingerprint density at radius 2 is 1.32 bits per heavy atom. The highest BCUT2D eigenvalue weighted by Crippen LogP contribution is 2.49. The van der Waals surface area contributed by atoms with E-state index >= 15 is 0 Å². The largest absolute Gasteiger partial charge is 0.496 e. The number of rotatable bonds is 7. The van der Waals surface area contributed by atoms with Crippen molar-refractivity contribution in [3.8, 4) is 22.6 Å². The van der Waals surface area contributed by atoms with Crippen LogP contribution in [-0.4, -0.2) is 14.2 Å². The molecule has 4 aromatic rings. The monoisotopic (exact) mass is 504 g/mol. The summed E-state index contributed by atoms with van der Waals surface area (Å²) in [6.45, 7) is 4.56. The standard InChI is InChI=1S/C34H33O2P/c1-25-15-13-14-24-34(25,2)29-22-23-30(35-3)32(33(29)36-4)28-20-11-12-21-31(28)37(26-16-7-5-8-17-26)27-18-9-6-10-19-27/h5-25H,1-4H3. The lowest BCUT2D eigenvalue weighted by Gasteiger charge is -2.36. The first kappa shape index (κ1) is 25.1. The Kier molecular flexibility index (Phi) is 7.31. The summed E-state index contributed by atoms with van der Waals surface area (Å²) in [4.78, 5) is 0. The molecule has 0 N–H and O–H groups in total. The molecule has 0 radical (unpaired) electrons. The molecule has 0 aromatic heterocycles. The molecule has 0 saturated carbocycles. The molecule has 2 unspecified atom stereocenters. The summed E-state index contributed by atoms with van der Waals surface area (Å²) in [6, 6.07) is 34.6. The quantitative estimate of drug-likeness (QED) is 0.249. The molecule has 2 atom stereocenters. The van der Waals surface area contributed by atoms with Crippen LogP contribution in [0.2, 0.25) is 0 Å². The topological polar surface area (TPSA) is 18.5 Å². The molecule has 0 spiro atoms. The van der Waals surface area contributed by atoms with Crippen LogP contribution < -0.4 is 25.4 Å². The van der Waals surface area contributed by atoms with Crippen LogP contribution in [0.25, 0.3) is 11.1 Å². The zero-order valence-electron chi connectivity index (χ0n) is 21.9. The van der Waals surface area contributed by atoms with E-state index in [1.807, 2.05) is 0 Å². The average Bonchev–Trinajstić information content (AvgIpc) is 2.95. The maximum Gasteiger partial charge on any atom is 0.134 e. The highest BCUT2D eigenvalue weighted by atomic mass is 31.1. The molecule has 1 aliphatic rings. The zero-order valence-corrected chi connectivity index (χ0v) is 22.8. The van der Waals surface area contributed by atoms with E-state index in [9.17, 15) is 0 Å². The van der Waals surface area contributed by atoms with Crippen molar-refractivity contribution in [2.75, 3.05) is 14.2 Å². The minimum atomic E-state index is -0.807. The SMILES string of the molecule is COc1ccc(C2(C)C=CC=CC2C)c(OC)c1-c1ccccc1P(c1ccccc1)c1ccccc1. The van der Waals surface area contributed by atoms with Crippen molar-refractivity contribution in [2.45, 2.75) is 19.3 Å². The van der Waals surface area contributed by atoms with Gasteiger partial charge < -0.3 is 9.47 Å². The van der Waals surface area contributed by atoms with Crippen LogP contribution in [0.4, 0.5) is 0 Å². The summed E-state index contributed by atoms with van der Waals surface area (Å²) in [7, 11) is 2.71. The fourth-order valence-electron chi connectivity index (χ4n) is 5.26. The van der Waals surface area contributed by atoms with Gasteiger partial charge in [-0.05, 0) is 41.4 Å². The Morgan fingerprint density at radius 3 is 1.92 bits per heavy atom. The number of hydrogen-bond donors (Lipinski definition) is 0. The van der Waals surface area contributed by atoms with Crippen molar-refractivity contribution in [2.24, 2.45) is 5.92 Å². The molecule has 3 heteroatoms. The third-order valence-electron chi connectivity index (χ3n) is 7.47. The van der Waals surface area contributed by atoms with E-state index in [1.54, 1.807) is 14.2 Å². The first-order valence-electron chi connectivity index (χ1n) is 12.7. The van der Waals surface area contributed by atoms with Crippen LogP contribution in [0.15, 0.2) is 121 Å². The van der Waals surface area contributed by atoms with Gasteiger partial charge >= 0.3 is 0 Å². The van der Waals surface area contributed by atoms with Crippen molar-refractivity contribution in [3.63, 3.8) is 0 Å². The van der Waals surface area contributed by atoms with Crippen LogP contribution >= 0.6 is 7.92 Å². The van der Waals surface area contributed by atoms with E-state index in [2.05, 4.69) is 135 Å². The Bertz CT molecular complexity index is 1390. The molecular weight excluding hydrogens is 471 g/mol. The zero-order chi connectivity index (χ0) is 25.8. The van der Waals surface area contributed by atoms with Crippen LogP contribution in [0.5, 0.6) is 11.5 Å². The first-order valence-corrected chi connectivity index (χ1v) is 14.0. The minimum absolute atomic E-state index is 0.195. The third-order valence-corrected chi connectivity index (χ3v) is 9.97. The lowest BCUT2D eigenvalue weighted by molar-refractivity contribution is 0.374. The Balaban J connectivity index is 1.79. The van der Waals surface area contributed by atoms with Gasteiger partial charge in [-0.25, -0.2) is 0 Å². The molecule has 0 aliphatic heterocycles. The van der Waals surface area contributed by atoms with Gasteiger partial charge in [0.1, 0.15) is 11.5 Å². The smallest absolute Gasteiger partial charge is 0.134 e. The fraction of sp³-hybridized carbons (Fsp3) is 0.176. The Hall–Kier alpha value is -3.61. The van der Waals surface area contributed by atoms with E-state index in [0.717, 1.165) is 28.2 Å². The molecule has 1 aliphatic carbocycles. The minimum Gasteiger partial charge on any atom is -0.496 e. The van der Waals surface area contributed by atoms with Crippen LogP contribution in [0.3, 0.4) is 0 Å². The average molecular weight is 505 g/mol. The summed E-state index contributed by atoms with van der Waals surface area (Å²) < 4.78 is 12.2. The van der Waals surface area contributed by atoms with Crippen molar-refractivity contribution >= 4 is 23.8 Å². The number of benzene rings is 4. The molecule has 0 saturated heterocycles. The molecule has 0 heterocycles. The van der Waals surface area contributed by atoms with Gasteiger partial charge in [-0.15, -0.1) is 0 Å². The maximum atomic E-state index is 6.26. The molecule has 0 amide bonds. The van der Waals surface area contributed by atoms with Crippen molar-refractivity contribution in [1.29, 1.82) is 0 Å². The van der Waals surface area contributed by atoms with E-state index in [0.29, 0.717) is 5.92 Å². The Morgan fingerprint density at radius 1 is 0.703 bits per heavy atom. The molecule has 5 rings (SSSR count). The summed E-state index contributed by atoms with van der Waals surface area (Å²) in [6.07, 6.45) is 8.83. The van der Waals surface area contributed by atoms with E-state index in [4.69, 9.17) is 9.47 Å². The second-order valence-electron chi connectivity index (χ2n) is 9.56. The second-order valence-corrected chi connectivity index (χ2v) is 11.7. The van der Waals surface area contributed by atoms with Gasteiger partial charge in [-0.2, -0.15) is 0 Å². The third kappa shape index (κ3) is 4.63. The van der Waals surface area contributed by atoms with Gasteiger partial charge in [0.05, 0.1) is 19.8 Å². The molecule has 4 aromatic carbocycles. The van der Waals surface area contributed by atoms with Crippen LogP contribution in [0.1, 0.15) is 19.4 Å². The number of hydrogen-bond acceptors (Lipinski definition) is 2. The molecular formula is C34H33O2P. The van der Waals surface area contributed by atoms with Gasteiger partial charge in [-0.1, -0.05) is 129 Å².